The first kappa shape index (κ1) is 19.0. The van der Waals surface area contributed by atoms with E-state index in [-0.39, 0.29) is 0 Å². The summed E-state index contributed by atoms with van der Waals surface area (Å²) in [4.78, 5) is 0. The molecule has 132 valence electrons. The fraction of sp³-hybridized carbons (Fsp3) is 0.545. The molecular formula is C22H34OSi. The van der Waals surface area contributed by atoms with Crippen LogP contribution in [0, 0.1) is 12.8 Å². The molecule has 0 radical (unpaired) electrons. The quantitative estimate of drug-likeness (QED) is 0.616. The highest BCUT2D eigenvalue weighted by atomic mass is 28.3. The zero-order chi connectivity index (χ0) is 18.2. The van der Waals surface area contributed by atoms with E-state index in [9.17, 15) is 0 Å². The maximum Gasteiger partial charge on any atom is 0.121 e. The van der Waals surface area contributed by atoms with Crippen molar-refractivity contribution in [2.24, 2.45) is 5.92 Å². The molecule has 1 atom stereocenters. The van der Waals surface area contributed by atoms with Gasteiger partial charge in [0.05, 0.1) is 15.2 Å². The molecule has 0 N–H and O–H groups in total. The van der Waals surface area contributed by atoms with Crippen molar-refractivity contribution in [3.05, 3.63) is 45.6 Å². The first-order valence-electron chi connectivity index (χ1n) is 9.13. The molecule has 0 heterocycles. The zero-order valence-electron chi connectivity index (χ0n) is 17.1. The van der Waals surface area contributed by atoms with Crippen LogP contribution in [0.4, 0.5) is 0 Å². The number of aryl methyl sites for hydroxylation is 2. The standard InChI is InChI=1S/C22H34OSi/c1-14-12-19(22(23-6)21(13-14)24(7,8)9)10-11-20-17(4)15(2)16(3)18(20)5/h12-13,17H,10-11H2,1-9H3. The normalized spacial score (nSPS) is 18.6. The predicted octanol–water partition coefficient (Wildman–Crippen LogP) is 5.78. The van der Waals surface area contributed by atoms with Gasteiger partial charge in [-0.3, -0.25) is 0 Å². The molecule has 1 aromatic carbocycles. The van der Waals surface area contributed by atoms with Gasteiger partial charge in [0.2, 0.25) is 0 Å². The Balaban J connectivity index is 2.34. The first-order chi connectivity index (χ1) is 11.1. The third-order valence-electron chi connectivity index (χ3n) is 5.79. The molecule has 1 aliphatic rings. The van der Waals surface area contributed by atoms with E-state index in [0.29, 0.717) is 5.92 Å². The Hall–Kier alpha value is -1.28. The Morgan fingerprint density at radius 1 is 0.958 bits per heavy atom. The summed E-state index contributed by atoms with van der Waals surface area (Å²) in [7, 11) is 0.413. The number of ether oxygens (including phenoxy) is 1. The first-order valence-corrected chi connectivity index (χ1v) is 12.6. The highest BCUT2D eigenvalue weighted by Gasteiger charge is 2.26. The van der Waals surface area contributed by atoms with Gasteiger partial charge in [0.1, 0.15) is 5.75 Å². The van der Waals surface area contributed by atoms with E-state index in [1.807, 2.05) is 7.11 Å². The third-order valence-corrected chi connectivity index (χ3v) is 7.78. The lowest BCUT2D eigenvalue weighted by molar-refractivity contribution is 0.412. The number of allylic oxidation sites excluding steroid dienone is 4. The van der Waals surface area contributed by atoms with Crippen LogP contribution in [0.15, 0.2) is 34.4 Å². The molecule has 2 rings (SSSR count). The van der Waals surface area contributed by atoms with Crippen molar-refractivity contribution in [2.75, 3.05) is 7.11 Å². The van der Waals surface area contributed by atoms with E-state index in [1.54, 1.807) is 11.1 Å². The summed E-state index contributed by atoms with van der Waals surface area (Å²) < 4.78 is 5.88. The summed E-state index contributed by atoms with van der Waals surface area (Å²) in [6.45, 7) is 18.6. The maximum absolute atomic E-state index is 5.88. The van der Waals surface area contributed by atoms with Crippen molar-refractivity contribution in [3.8, 4) is 5.75 Å². The predicted molar refractivity (Wildman–Crippen MR) is 109 cm³/mol. The molecule has 0 amide bonds. The molecule has 0 saturated carbocycles. The van der Waals surface area contributed by atoms with Gasteiger partial charge in [0.25, 0.3) is 0 Å². The van der Waals surface area contributed by atoms with Crippen LogP contribution in [0.3, 0.4) is 0 Å². The number of hydrogen-bond donors (Lipinski definition) is 0. The molecule has 1 unspecified atom stereocenters. The molecule has 1 aliphatic carbocycles. The SMILES string of the molecule is COc1c(CCC2=C(C)C(C)=C(C)C2C)cc(C)cc1[Si](C)(C)C. The van der Waals surface area contributed by atoms with Crippen molar-refractivity contribution >= 4 is 13.3 Å². The molecule has 0 aromatic heterocycles. The average Bonchev–Trinajstić information content (AvgIpc) is 2.68. The second-order valence-corrected chi connectivity index (χ2v) is 13.5. The summed E-state index contributed by atoms with van der Waals surface area (Å²) in [5.41, 5.74) is 8.90. The molecule has 0 fully saturated rings. The fourth-order valence-electron chi connectivity index (χ4n) is 3.95. The monoisotopic (exact) mass is 342 g/mol. The molecule has 0 bridgehead atoms. The van der Waals surface area contributed by atoms with Crippen LogP contribution in [0.2, 0.25) is 19.6 Å². The van der Waals surface area contributed by atoms with E-state index in [2.05, 4.69) is 66.4 Å². The van der Waals surface area contributed by atoms with Gasteiger partial charge in [-0.15, -0.1) is 0 Å². The van der Waals surface area contributed by atoms with Gasteiger partial charge >= 0.3 is 0 Å². The minimum Gasteiger partial charge on any atom is -0.497 e. The summed E-state index contributed by atoms with van der Waals surface area (Å²) in [6.07, 6.45) is 2.20. The van der Waals surface area contributed by atoms with Crippen LogP contribution >= 0.6 is 0 Å². The highest BCUT2D eigenvalue weighted by molar-refractivity contribution is 6.89. The van der Waals surface area contributed by atoms with Gasteiger partial charge in [0, 0.05) is 0 Å². The van der Waals surface area contributed by atoms with Crippen LogP contribution in [0.5, 0.6) is 5.75 Å². The molecule has 0 spiro atoms. The van der Waals surface area contributed by atoms with Gasteiger partial charge in [-0.1, -0.05) is 55.4 Å². The van der Waals surface area contributed by atoms with Gasteiger partial charge in [-0.05, 0) is 68.4 Å². The smallest absolute Gasteiger partial charge is 0.121 e. The minimum absolute atomic E-state index is 0.595. The lowest BCUT2D eigenvalue weighted by Crippen LogP contribution is -2.39. The van der Waals surface area contributed by atoms with Crippen LogP contribution in [-0.4, -0.2) is 15.2 Å². The molecule has 0 saturated heterocycles. The maximum atomic E-state index is 5.88. The third kappa shape index (κ3) is 3.54. The largest absolute Gasteiger partial charge is 0.497 e. The number of rotatable bonds is 5. The van der Waals surface area contributed by atoms with Gasteiger partial charge in [-0.25, -0.2) is 0 Å². The number of hydrogen-bond acceptors (Lipinski definition) is 1. The van der Waals surface area contributed by atoms with Crippen molar-refractivity contribution in [3.63, 3.8) is 0 Å². The van der Waals surface area contributed by atoms with Gasteiger partial charge < -0.3 is 4.74 Å². The topological polar surface area (TPSA) is 9.23 Å². The van der Waals surface area contributed by atoms with Crippen molar-refractivity contribution in [1.82, 2.24) is 0 Å². The van der Waals surface area contributed by atoms with Crippen molar-refractivity contribution in [2.45, 2.75) is 67.1 Å². The molecule has 24 heavy (non-hydrogen) atoms. The Labute approximate surface area is 149 Å². The van der Waals surface area contributed by atoms with E-state index < -0.39 is 8.07 Å². The summed E-state index contributed by atoms with van der Waals surface area (Å²) in [5.74, 6) is 1.74. The Kier molecular flexibility index (Phi) is 5.49. The van der Waals surface area contributed by atoms with Crippen molar-refractivity contribution < 1.29 is 4.74 Å². The lowest BCUT2D eigenvalue weighted by Gasteiger charge is -2.24. The van der Waals surface area contributed by atoms with E-state index in [1.165, 1.54) is 27.5 Å². The Morgan fingerprint density at radius 3 is 2.04 bits per heavy atom. The van der Waals surface area contributed by atoms with Crippen LogP contribution in [-0.2, 0) is 6.42 Å². The zero-order valence-corrected chi connectivity index (χ0v) is 18.1. The Morgan fingerprint density at radius 2 is 1.58 bits per heavy atom. The van der Waals surface area contributed by atoms with E-state index in [4.69, 9.17) is 4.74 Å². The number of benzene rings is 1. The second kappa shape index (κ2) is 6.91. The molecule has 1 nitrogen and oxygen atoms in total. The minimum atomic E-state index is -1.42. The summed E-state index contributed by atoms with van der Waals surface area (Å²) in [6, 6.07) is 4.66. The Bertz CT molecular complexity index is 701. The van der Waals surface area contributed by atoms with E-state index in [0.717, 1.165) is 18.6 Å². The lowest BCUT2D eigenvalue weighted by atomic mass is 9.92. The van der Waals surface area contributed by atoms with E-state index >= 15 is 0 Å². The van der Waals surface area contributed by atoms with Crippen LogP contribution < -0.4 is 9.92 Å². The molecule has 0 aliphatic heterocycles. The van der Waals surface area contributed by atoms with Crippen LogP contribution in [0.25, 0.3) is 0 Å². The average molecular weight is 343 g/mol. The highest BCUT2D eigenvalue weighted by Crippen LogP contribution is 2.39. The van der Waals surface area contributed by atoms with Gasteiger partial charge in [-0.2, -0.15) is 0 Å². The molecule has 2 heteroatoms. The number of methoxy groups -OCH3 is 1. The second-order valence-electron chi connectivity index (χ2n) is 8.43. The summed E-state index contributed by atoms with van der Waals surface area (Å²) in [5, 5.41) is 1.45. The summed E-state index contributed by atoms with van der Waals surface area (Å²) >= 11 is 0. The van der Waals surface area contributed by atoms with Gasteiger partial charge in [0.15, 0.2) is 0 Å². The van der Waals surface area contributed by atoms with Crippen LogP contribution in [0.1, 0.15) is 45.2 Å². The molecular weight excluding hydrogens is 308 g/mol. The van der Waals surface area contributed by atoms with Crippen molar-refractivity contribution in [1.29, 1.82) is 0 Å². The molecule has 1 aromatic rings. The fourth-order valence-corrected chi connectivity index (χ4v) is 5.56.